The van der Waals surface area contributed by atoms with E-state index in [9.17, 15) is 14.4 Å². The maximum Gasteiger partial charge on any atom is 0.410 e. The zero-order valence-corrected chi connectivity index (χ0v) is 19.3. The molecular weight excluding hydrogens is 427 g/mol. The van der Waals surface area contributed by atoms with Crippen molar-refractivity contribution in [2.24, 2.45) is 0 Å². The van der Waals surface area contributed by atoms with Crippen molar-refractivity contribution >= 4 is 17.6 Å². The Morgan fingerprint density at radius 2 is 2.18 bits per heavy atom. The highest BCUT2D eigenvalue weighted by atomic mass is 19.1. The third-order valence-electron chi connectivity index (χ3n) is 5.87. The van der Waals surface area contributed by atoms with Crippen LogP contribution in [-0.2, 0) is 11.3 Å². The number of nitrogen functional groups attached to an aromatic ring is 1. The lowest BCUT2D eigenvalue weighted by Gasteiger charge is -2.33. The Bertz CT molecular complexity index is 1100. The van der Waals surface area contributed by atoms with Gasteiger partial charge in [0, 0.05) is 19.7 Å². The van der Waals surface area contributed by atoms with Crippen molar-refractivity contribution in [2.75, 3.05) is 30.8 Å². The molecule has 1 fully saturated rings. The summed E-state index contributed by atoms with van der Waals surface area (Å²) in [7, 11) is 1.83. The second-order valence-corrected chi connectivity index (χ2v) is 9.51. The molecule has 0 spiro atoms. The molecule has 0 saturated carbocycles. The van der Waals surface area contributed by atoms with E-state index in [0.29, 0.717) is 36.8 Å². The number of nitrogens with two attached hydrogens (primary N) is 1. The van der Waals surface area contributed by atoms with E-state index in [4.69, 9.17) is 15.2 Å². The summed E-state index contributed by atoms with van der Waals surface area (Å²) in [6.07, 6.45) is 0.735. The average Bonchev–Trinajstić information content (AvgIpc) is 3.32. The van der Waals surface area contributed by atoms with E-state index in [2.05, 4.69) is 11.2 Å². The Morgan fingerprint density at radius 3 is 2.88 bits per heavy atom. The standard InChI is InChI=1S/C23H29FN6O3/c1-23(2,3)33-22(31)29-9-5-6-15(29)12-30-21(26)16(11-25)20(27-30)19-13-28(4)17-10-14(24)7-8-18(17)32-19/h7-8,10,15,19H,5-6,9,12-13,26H2,1-4H3. The summed E-state index contributed by atoms with van der Waals surface area (Å²) in [5, 5.41) is 14.4. The average molecular weight is 457 g/mol. The molecule has 0 radical (unpaired) electrons. The van der Waals surface area contributed by atoms with Gasteiger partial charge in [0.1, 0.15) is 40.3 Å². The van der Waals surface area contributed by atoms with Crippen LogP contribution < -0.4 is 15.4 Å². The molecule has 3 heterocycles. The molecule has 2 N–H and O–H groups in total. The van der Waals surface area contributed by atoms with E-state index >= 15 is 0 Å². The monoisotopic (exact) mass is 456 g/mol. The summed E-state index contributed by atoms with van der Waals surface area (Å²) in [4.78, 5) is 16.2. The number of ether oxygens (including phenoxy) is 2. The van der Waals surface area contributed by atoms with Gasteiger partial charge < -0.3 is 25.0 Å². The van der Waals surface area contributed by atoms with Gasteiger partial charge in [-0.25, -0.2) is 13.9 Å². The van der Waals surface area contributed by atoms with Gasteiger partial charge in [-0.05, 0) is 45.7 Å². The highest BCUT2D eigenvalue weighted by molar-refractivity contribution is 5.69. The van der Waals surface area contributed by atoms with Gasteiger partial charge in [0.05, 0.1) is 24.8 Å². The lowest BCUT2D eigenvalue weighted by Crippen LogP contribution is -2.41. The minimum Gasteiger partial charge on any atom is -0.480 e. The molecule has 2 atom stereocenters. The van der Waals surface area contributed by atoms with E-state index in [1.807, 2.05) is 32.7 Å². The normalized spacial score (nSPS) is 20.2. The Balaban J connectivity index is 1.57. The van der Waals surface area contributed by atoms with Gasteiger partial charge in [0.2, 0.25) is 0 Å². The predicted molar refractivity (Wildman–Crippen MR) is 120 cm³/mol. The van der Waals surface area contributed by atoms with Crippen LogP contribution >= 0.6 is 0 Å². The number of likely N-dealkylation sites (N-methyl/N-ethyl adjacent to an activating group) is 1. The topological polar surface area (TPSA) is 110 Å². The summed E-state index contributed by atoms with van der Waals surface area (Å²) < 4.78 is 26.8. The van der Waals surface area contributed by atoms with Crippen molar-refractivity contribution in [3.8, 4) is 11.8 Å². The molecule has 1 saturated heterocycles. The summed E-state index contributed by atoms with van der Waals surface area (Å²) in [6, 6.07) is 6.32. The Morgan fingerprint density at radius 1 is 1.42 bits per heavy atom. The van der Waals surface area contributed by atoms with Crippen LogP contribution in [0.25, 0.3) is 0 Å². The molecule has 10 heteroatoms. The fraction of sp³-hybridized carbons (Fsp3) is 0.522. The molecule has 1 aromatic carbocycles. The molecule has 2 unspecified atom stereocenters. The molecule has 2 aromatic rings. The first-order valence-corrected chi connectivity index (χ1v) is 11.0. The van der Waals surface area contributed by atoms with Crippen LogP contribution in [0.3, 0.4) is 0 Å². The first kappa shape index (κ1) is 22.7. The van der Waals surface area contributed by atoms with Crippen LogP contribution in [0.15, 0.2) is 18.2 Å². The number of rotatable bonds is 3. The van der Waals surface area contributed by atoms with E-state index in [1.165, 1.54) is 12.1 Å². The number of aromatic nitrogens is 2. The Labute approximate surface area is 192 Å². The Hall–Kier alpha value is -3.48. The van der Waals surface area contributed by atoms with Crippen LogP contribution in [-0.4, -0.2) is 52.6 Å². The van der Waals surface area contributed by atoms with Crippen LogP contribution in [0.2, 0.25) is 0 Å². The SMILES string of the molecule is CN1CC(c2nn(CC3CCCN3C(=O)OC(C)(C)C)c(N)c2C#N)Oc2ccc(F)cc21. The van der Waals surface area contributed by atoms with Crippen molar-refractivity contribution in [3.05, 3.63) is 35.3 Å². The summed E-state index contributed by atoms with van der Waals surface area (Å²) in [5.74, 6) is 0.402. The van der Waals surface area contributed by atoms with Gasteiger partial charge in [-0.2, -0.15) is 10.4 Å². The molecule has 1 amide bonds. The second-order valence-electron chi connectivity index (χ2n) is 9.51. The van der Waals surface area contributed by atoms with E-state index in [0.717, 1.165) is 12.8 Å². The molecule has 0 bridgehead atoms. The van der Waals surface area contributed by atoms with Crippen molar-refractivity contribution in [3.63, 3.8) is 0 Å². The molecule has 4 rings (SSSR count). The molecule has 0 aliphatic carbocycles. The fourth-order valence-electron chi connectivity index (χ4n) is 4.33. The number of hydrogen-bond acceptors (Lipinski definition) is 7. The smallest absolute Gasteiger partial charge is 0.410 e. The number of likely N-dealkylation sites (tertiary alicyclic amines) is 1. The number of carbonyl (C=O) groups is 1. The second kappa shape index (κ2) is 8.46. The molecule has 2 aliphatic heterocycles. The number of halogens is 1. The molecule has 33 heavy (non-hydrogen) atoms. The predicted octanol–water partition coefficient (Wildman–Crippen LogP) is 3.45. The van der Waals surface area contributed by atoms with Crippen LogP contribution in [0.4, 0.5) is 20.7 Å². The number of nitrogens with zero attached hydrogens (tertiary/aromatic N) is 5. The first-order valence-electron chi connectivity index (χ1n) is 11.0. The number of benzene rings is 1. The molecular formula is C23H29FN6O3. The largest absolute Gasteiger partial charge is 0.480 e. The highest BCUT2D eigenvalue weighted by Crippen LogP contribution is 2.39. The maximum absolute atomic E-state index is 13.6. The minimum absolute atomic E-state index is 0.139. The van der Waals surface area contributed by atoms with Crippen molar-refractivity contribution in [2.45, 2.75) is 57.9 Å². The van der Waals surface area contributed by atoms with Crippen molar-refractivity contribution in [1.29, 1.82) is 5.26 Å². The zero-order valence-electron chi connectivity index (χ0n) is 19.3. The van der Waals surface area contributed by atoms with Gasteiger partial charge in [0.15, 0.2) is 6.10 Å². The summed E-state index contributed by atoms with van der Waals surface area (Å²) in [6.45, 7) is 6.84. The highest BCUT2D eigenvalue weighted by Gasteiger charge is 2.35. The van der Waals surface area contributed by atoms with Crippen LogP contribution in [0, 0.1) is 17.1 Å². The third-order valence-corrected chi connectivity index (χ3v) is 5.87. The first-order chi connectivity index (χ1) is 15.6. The number of nitriles is 1. The van der Waals surface area contributed by atoms with Crippen molar-refractivity contribution in [1.82, 2.24) is 14.7 Å². The number of hydrogen-bond donors (Lipinski definition) is 1. The molecule has 176 valence electrons. The zero-order chi connectivity index (χ0) is 23.9. The fourth-order valence-corrected chi connectivity index (χ4v) is 4.33. The summed E-state index contributed by atoms with van der Waals surface area (Å²) in [5.41, 5.74) is 7.03. The minimum atomic E-state index is -0.584. The molecule has 9 nitrogen and oxygen atoms in total. The maximum atomic E-state index is 13.6. The molecule has 2 aliphatic rings. The van der Waals surface area contributed by atoms with Crippen LogP contribution in [0.5, 0.6) is 5.75 Å². The van der Waals surface area contributed by atoms with E-state index in [-0.39, 0.29) is 29.3 Å². The number of amides is 1. The lowest BCUT2D eigenvalue weighted by atomic mass is 10.1. The van der Waals surface area contributed by atoms with Gasteiger partial charge in [-0.3, -0.25) is 0 Å². The molecule has 1 aromatic heterocycles. The quantitative estimate of drug-likeness (QED) is 0.753. The lowest BCUT2D eigenvalue weighted by molar-refractivity contribution is 0.0211. The summed E-state index contributed by atoms with van der Waals surface area (Å²) >= 11 is 0. The van der Waals surface area contributed by atoms with E-state index in [1.54, 1.807) is 15.6 Å². The number of anilines is 2. The van der Waals surface area contributed by atoms with Gasteiger partial charge >= 0.3 is 6.09 Å². The van der Waals surface area contributed by atoms with Gasteiger partial charge in [-0.15, -0.1) is 0 Å². The third kappa shape index (κ3) is 4.53. The van der Waals surface area contributed by atoms with Gasteiger partial charge in [0.25, 0.3) is 0 Å². The van der Waals surface area contributed by atoms with Crippen LogP contribution in [0.1, 0.15) is 51.0 Å². The number of carbonyl (C=O) groups excluding carboxylic acids is 1. The van der Waals surface area contributed by atoms with E-state index < -0.39 is 11.7 Å². The van der Waals surface area contributed by atoms with Crippen molar-refractivity contribution < 1.29 is 18.7 Å². The Kier molecular flexibility index (Phi) is 5.82. The van der Waals surface area contributed by atoms with Gasteiger partial charge in [-0.1, -0.05) is 0 Å². The number of fused-ring (bicyclic) bond motifs is 1.